The molecular formula is C73H46N2S. The van der Waals surface area contributed by atoms with Gasteiger partial charge in [-0.05, 0) is 151 Å². The summed E-state index contributed by atoms with van der Waals surface area (Å²) in [6.07, 6.45) is 0. The van der Waals surface area contributed by atoms with E-state index in [1.54, 1.807) is 0 Å². The summed E-state index contributed by atoms with van der Waals surface area (Å²) in [5.74, 6) is 0. The minimum Gasteiger partial charge on any atom is -0.310 e. The molecule has 0 amide bonds. The van der Waals surface area contributed by atoms with Crippen molar-refractivity contribution in [3.63, 3.8) is 0 Å². The molecule has 76 heavy (non-hydrogen) atoms. The summed E-state index contributed by atoms with van der Waals surface area (Å²) in [6, 6.07) is 104. The van der Waals surface area contributed by atoms with E-state index in [4.69, 9.17) is 0 Å². The maximum Gasteiger partial charge on any atom is 0.0726 e. The van der Waals surface area contributed by atoms with Crippen LogP contribution < -0.4 is 4.90 Å². The zero-order valence-electron chi connectivity index (χ0n) is 41.4. The van der Waals surface area contributed by atoms with Crippen molar-refractivity contribution < 1.29 is 0 Å². The number of hydrogen-bond donors (Lipinski definition) is 0. The molecule has 0 saturated carbocycles. The quantitative estimate of drug-likeness (QED) is 0.154. The van der Waals surface area contributed by atoms with Gasteiger partial charge in [0.1, 0.15) is 0 Å². The fraction of sp³-hybridized carbons (Fsp3) is 0.0137. The van der Waals surface area contributed by atoms with Gasteiger partial charge in [-0.15, -0.1) is 11.3 Å². The first-order chi connectivity index (χ1) is 37.7. The number of hydrogen-bond acceptors (Lipinski definition) is 2. The predicted octanol–water partition coefficient (Wildman–Crippen LogP) is 20.0. The highest BCUT2D eigenvalue weighted by Crippen LogP contribution is 2.63. The maximum atomic E-state index is 2.49. The lowest BCUT2D eigenvalue weighted by molar-refractivity contribution is 0.793. The fourth-order valence-corrected chi connectivity index (χ4v) is 14.3. The number of fused-ring (bicyclic) bond motifs is 16. The molecule has 0 radical (unpaired) electrons. The number of aromatic nitrogens is 1. The van der Waals surface area contributed by atoms with Crippen molar-refractivity contribution in [3.8, 4) is 61.3 Å². The molecular weight excluding hydrogens is 937 g/mol. The van der Waals surface area contributed by atoms with Crippen LogP contribution in [0, 0.1) is 0 Å². The molecule has 12 aromatic carbocycles. The molecule has 14 aromatic rings. The van der Waals surface area contributed by atoms with Crippen LogP contribution in [-0.2, 0) is 5.41 Å². The number of thiophene rings is 1. The zero-order valence-corrected chi connectivity index (χ0v) is 42.2. The van der Waals surface area contributed by atoms with E-state index in [0.29, 0.717) is 0 Å². The largest absolute Gasteiger partial charge is 0.310 e. The van der Waals surface area contributed by atoms with Crippen LogP contribution in [0.1, 0.15) is 22.3 Å². The zero-order chi connectivity index (χ0) is 49.9. The Morgan fingerprint density at radius 1 is 0.289 bits per heavy atom. The highest BCUT2D eigenvalue weighted by atomic mass is 32.1. The van der Waals surface area contributed by atoms with Crippen LogP contribution in [-0.4, -0.2) is 4.57 Å². The third-order valence-electron chi connectivity index (χ3n) is 16.4. The summed E-state index contributed by atoms with van der Waals surface area (Å²) < 4.78 is 5.09. The summed E-state index contributed by atoms with van der Waals surface area (Å²) in [6.45, 7) is 0. The SMILES string of the molecule is c1ccc(-c2ccc(N(c3cccc(-c4ccc(-c5ccc6c(c5)c5ccccc5n6-c5cccc6sc7ccccc7c56)cc4)c3)c3ccc4c(c3)C3(c5ccccc5-c5ccccc53)c3ccccc3-4)cc2)cc1. The standard InChI is InChI=1S/C73H46N2S/c1-2-16-47(17-3-1)48-36-39-53(40-37-48)74(55-41-42-59-58-22-6-11-27-65(58)73(66(59)46-55)63-25-9-4-20-56(63)57-21-5-10-26-64(57)73)54-19-14-18-51(44-54)49-32-34-50(35-33-49)52-38-43-68-62(45-52)60-23-7-12-28-67(60)75(68)69-29-15-31-71-72(69)61-24-8-13-30-70(61)76-71/h1-46H. The summed E-state index contributed by atoms with van der Waals surface area (Å²) in [5.41, 5.74) is 24.2. The van der Waals surface area contributed by atoms with Crippen molar-refractivity contribution in [2.24, 2.45) is 0 Å². The summed E-state index contributed by atoms with van der Waals surface area (Å²) in [5, 5.41) is 5.12. The highest BCUT2D eigenvalue weighted by molar-refractivity contribution is 7.25. The van der Waals surface area contributed by atoms with E-state index in [-0.39, 0.29) is 0 Å². The van der Waals surface area contributed by atoms with Gasteiger partial charge in [0.2, 0.25) is 0 Å². The molecule has 16 rings (SSSR count). The Labute approximate surface area is 445 Å². The topological polar surface area (TPSA) is 8.17 Å². The molecule has 2 aromatic heterocycles. The number of anilines is 3. The summed E-state index contributed by atoms with van der Waals surface area (Å²) in [4.78, 5) is 2.45. The molecule has 2 nitrogen and oxygen atoms in total. The van der Waals surface area contributed by atoms with Gasteiger partial charge >= 0.3 is 0 Å². The molecule has 0 unspecified atom stereocenters. The lowest BCUT2D eigenvalue weighted by atomic mass is 9.70. The Hall–Kier alpha value is -9.54. The van der Waals surface area contributed by atoms with Gasteiger partial charge in [0, 0.05) is 48.0 Å². The van der Waals surface area contributed by atoms with Crippen molar-refractivity contribution in [2.45, 2.75) is 5.41 Å². The first-order valence-electron chi connectivity index (χ1n) is 26.2. The van der Waals surface area contributed by atoms with Crippen LogP contribution >= 0.6 is 11.3 Å². The normalized spacial score (nSPS) is 12.8. The Morgan fingerprint density at radius 3 is 1.50 bits per heavy atom. The highest BCUT2D eigenvalue weighted by Gasteiger charge is 2.51. The molecule has 0 fully saturated rings. The smallest absolute Gasteiger partial charge is 0.0726 e. The van der Waals surface area contributed by atoms with Crippen LogP contribution in [0.5, 0.6) is 0 Å². The van der Waals surface area contributed by atoms with Crippen molar-refractivity contribution in [3.05, 3.63) is 301 Å². The van der Waals surface area contributed by atoms with E-state index in [1.807, 2.05) is 11.3 Å². The van der Waals surface area contributed by atoms with Crippen molar-refractivity contribution in [1.29, 1.82) is 0 Å². The Morgan fingerprint density at radius 2 is 0.776 bits per heavy atom. The number of rotatable bonds is 7. The van der Waals surface area contributed by atoms with Gasteiger partial charge in [-0.2, -0.15) is 0 Å². The summed E-state index contributed by atoms with van der Waals surface area (Å²) in [7, 11) is 0. The molecule has 0 atom stereocenters. The van der Waals surface area contributed by atoms with E-state index in [1.165, 1.54) is 120 Å². The maximum absolute atomic E-state index is 2.49. The van der Waals surface area contributed by atoms with Gasteiger partial charge in [0.15, 0.2) is 0 Å². The van der Waals surface area contributed by atoms with E-state index in [9.17, 15) is 0 Å². The van der Waals surface area contributed by atoms with Crippen molar-refractivity contribution in [1.82, 2.24) is 4.57 Å². The molecule has 0 bridgehead atoms. The van der Waals surface area contributed by atoms with Gasteiger partial charge in [-0.3, -0.25) is 0 Å². The van der Waals surface area contributed by atoms with Crippen LogP contribution in [0.4, 0.5) is 17.1 Å². The van der Waals surface area contributed by atoms with E-state index in [2.05, 4.69) is 289 Å². The molecule has 0 aliphatic heterocycles. The molecule has 2 heterocycles. The van der Waals surface area contributed by atoms with Gasteiger partial charge in [0.25, 0.3) is 0 Å². The molecule has 1 spiro atoms. The second-order valence-electron chi connectivity index (χ2n) is 20.3. The number of nitrogens with zero attached hydrogens (tertiary/aromatic N) is 2. The lowest BCUT2D eigenvalue weighted by Gasteiger charge is -2.32. The molecule has 2 aliphatic carbocycles. The van der Waals surface area contributed by atoms with Crippen LogP contribution in [0.2, 0.25) is 0 Å². The van der Waals surface area contributed by atoms with E-state index >= 15 is 0 Å². The molecule has 2 aliphatic rings. The average molecular weight is 983 g/mol. The Kier molecular flexibility index (Phi) is 9.45. The van der Waals surface area contributed by atoms with Gasteiger partial charge in [-0.1, -0.05) is 206 Å². The molecule has 0 N–H and O–H groups in total. The van der Waals surface area contributed by atoms with Crippen LogP contribution in [0.3, 0.4) is 0 Å². The predicted molar refractivity (Wildman–Crippen MR) is 321 cm³/mol. The second kappa shape index (κ2) is 16.7. The van der Waals surface area contributed by atoms with Crippen LogP contribution in [0.15, 0.2) is 279 Å². The van der Waals surface area contributed by atoms with Gasteiger partial charge in [0.05, 0.1) is 22.1 Å². The average Bonchev–Trinajstić information content (AvgIpc) is 4.24. The minimum absolute atomic E-state index is 0.447. The van der Waals surface area contributed by atoms with Gasteiger partial charge < -0.3 is 9.47 Å². The number of benzene rings is 12. The lowest BCUT2D eigenvalue weighted by Crippen LogP contribution is -2.26. The third-order valence-corrected chi connectivity index (χ3v) is 17.6. The first kappa shape index (κ1) is 42.9. The van der Waals surface area contributed by atoms with E-state index < -0.39 is 5.41 Å². The van der Waals surface area contributed by atoms with Gasteiger partial charge in [-0.25, -0.2) is 0 Å². The fourth-order valence-electron chi connectivity index (χ4n) is 13.1. The third kappa shape index (κ3) is 6.27. The van der Waals surface area contributed by atoms with Crippen molar-refractivity contribution >= 4 is 70.4 Å². The minimum atomic E-state index is -0.447. The summed E-state index contributed by atoms with van der Waals surface area (Å²) >= 11 is 1.87. The number of para-hydroxylation sites is 1. The van der Waals surface area contributed by atoms with E-state index in [0.717, 1.165) is 22.6 Å². The molecule has 0 saturated heterocycles. The monoisotopic (exact) mass is 982 g/mol. The Bertz CT molecular complexity index is 4570. The van der Waals surface area contributed by atoms with Crippen LogP contribution in [0.25, 0.3) is 103 Å². The molecule has 3 heteroatoms. The molecule has 354 valence electrons. The Balaban J connectivity index is 0.803. The van der Waals surface area contributed by atoms with Crippen molar-refractivity contribution in [2.75, 3.05) is 4.90 Å². The first-order valence-corrected chi connectivity index (χ1v) is 27.0. The second-order valence-corrected chi connectivity index (χ2v) is 21.4.